The monoisotopic (exact) mass is 212 g/mol. The zero-order chi connectivity index (χ0) is 10.2. The standard InChI is InChI=1S/C11H16O2S/c1-10(2)6-11(12,8-14-7-10)9-4-3-5-13-9/h3-5,12H,6-8H2,1-2H3. The maximum Gasteiger partial charge on any atom is 0.136 e. The van der Waals surface area contributed by atoms with Gasteiger partial charge in [-0.05, 0) is 29.7 Å². The Labute approximate surface area is 88.7 Å². The van der Waals surface area contributed by atoms with Gasteiger partial charge < -0.3 is 9.52 Å². The summed E-state index contributed by atoms with van der Waals surface area (Å²) in [6.45, 7) is 4.38. The third-order valence-electron chi connectivity index (χ3n) is 2.58. The number of rotatable bonds is 1. The van der Waals surface area contributed by atoms with Gasteiger partial charge in [-0.3, -0.25) is 0 Å². The third kappa shape index (κ3) is 1.84. The van der Waals surface area contributed by atoms with E-state index in [1.807, 2.05) is 12.1 Å². The van der Waals surface area contributed by atoms with Gasteiger partial charge in [0.05, 0.1) is 6.26 Å². The van der Waals surface area contributed by atoms with Gasteiger partial charge in [-0.15, -0.1) is 0 Å². The number of hydrogen-bond acceptors (Lipinski definition) is 3. The number of thioether (sulfide) groups is 1. The second-order valence-corrected chi connectivity index (χ2v) is 5.83. The average Bonchev–Trinajstić information content (AvgIpc) is 2.52. The predicted molar refractivity (Wildman–Crippen MR) is 58.3 cm³/mol. The molecule has 1 saturated heterocycles. The quantitative estimate of drug-likeness (QED) is 0.777. The van der Waals surface area contributed by atoms with Crippen molar-refractivity contribution in [3.63, 3.8) is 0 Å². The molecule has 0 aromatic carbocycles. The van der Waals surface area contributed by atoms with E-state index in [9.17, 15) is 5.11 Å². The van der Waals surface area contributed by atoms with E-state index in [0.29, 0.717) is 5.76 Å². The molecule has 1 aliphatic heterocycles. The Kier molecular flexibility index (Phi) is 2.40. The first-order valence-electron chi connectivity index (χ1n) is 4.86. The van der Waals surface area contributed by atoms with Crippen molar-refractivity contribution in [2.24, 2.45) is 5.41 Å². The lowest BCUT2D eigenvalue weighted by Crippen LogP contribution is -2.39. The summed E-state index contributed by atoms with van der Waals surface area (Å²) in [7, 11) is 0. The third-order valence-corrected chi connectivity index (χ3v) is 4.25. The van der Waals surface area contributed by atoms with Crippen LogP contribution in [-0.4, -0.2) is 16.6 Å². The van der Waals surface area contributed by atoms with Crippen LogP contribution in [0.2, 0.25) is 0 Å². The van der Waals surface area contributed by atoms with Gasteiger partial charge in [-0.2, -0.15) is 11.8 Å². The van der Waals surface area contributed by atoms with E-state index < -0.39 is 5.60 Å². The van der Waals surface area contributed by atoms with E-state index in [1.54, 1.807) is 18.0 Å². The normalized spacial score (nSPS) is 31.6. The Morgan fingerprint density at radius 1 is 1.43 bits per heavy atom. The molecule has 78 valence electrons. The van der Waals surface area contributed by atoms with Crippen LogP contribution in [0.1, 0.15) is 26.0 Å². The van der Waals surface area contributed by atoms with Crippen molar-refractivity contribution in [1.29, 1.82) is 0 Å². The average molecular weight is 212 g/mol. The maximum atomic E-state index is 10.5. The van der Waals surface area contributed by atoms with Crippen LogP contribution in [-0.2, 0) is 5.60 Å². The van der Waals surface area contributed by atoms with Crippen molar-refractivity contribution >= 4 is 11.8 Å². The first-order valence-corrected chi connectivity index (χ1v) is 6.02. The van der Waals surface area contributed by atoms with Crippen LogP contribution in [0.25, 0.3) is 0 Å². The van der Waals surface area contributed by atoms with Crippen LogP contribution in [0.15, 0.2) is 22.8 Å². The Morgan fingerprint density at radius 2 is 2.21 bits per heavy atom. The second-order valence-electron chi connectivity index (χ2n) is 4.84. The zero-order valence-corrected chi connectivity index (χ0v) is 9.43. The van der Waals surface area contributed by atoms with Crippen LogP contribution >= 0.6 is 11.8 Å². The molecule has 2 heterocycles. The van der Waals surface area contributed by atoms with Crippen LogP contribution in [0.5, 0.6) is 0 Å². The van der Waals surface area contributed by atoms with Crippen LogP contribution in [0.4, 0.5) is 0 Å². The minimum Gasteiger partial charge on any atom is -0.466 e. The molecule has 1 unspecified atom stereocenters. The van der Waals surface area contributed by atoms with Crippen molar-refractivity contribution in [3.8, 4) is 0 Å². The summed E-state index contributed by atoms with van der Waals surface area (Å²) in [5.74, 6) is 2.55. The summed E-state index contributed by atoms with van der Waals surface area (Å²) < 4.78 is 5.31. The van der Waals surface area contributed by atoms with Gasteiger partial charge in [0.15, 0.2) is 0 Å². The molecule has 1 aliphatic rings. The topological polar surface area (TPSA) is 33.4 Å². The molecule has 1 fully saturated rings. The van der Waals surface area contributed by atoms with Gasteiger partial charge in [0.25, 0.3) is 0 Å². The minimum absolute atomic E-state index is 0.185. The van der Waals surface area contributed by atoms with Crippen LogP contribution in [0, 0.1) is 5.41 Å². The van der Waals surface area contributed by atoms with E-state index in [-0.39, 0.29) is 5.41 Å². The Morgan fingerprint density at radius 3 is 2.79 bits per heavy atom. The molecule has 2 rings (SSSR count). The van der Waals surface area contributed by atoms with Crippen molar-refractivity contribution in [1.82, 2.24) is 0 Å². The first kappa shape index (κ1) is 10.1. The minimum atomic E-state index is -0.768. The van der Waals surface area contributed by atoms with Crippen molar-refractivity contribution in [2.45, 2.75) is 25.9 Å². The Balaban J connectivity index is 2.24. The first-order chi connectivity index (χ1) is 6.52. The summed E-state index contributed by atoms with van der Waals surface area (Å²) in [5.41, 5.74) is -0.583. The van der Waals surface area contributed by atoms with E-state index in [4.69, 9.17) is 4.42 Å². The molecule has 1 N–H and O–H groups in total. The summed E-state index contributed by atoms with van der Waals surface area (Å²) in [6.07, 6.45) is 2.40. The van der Waals surface area contributed by atoms with E-state index >= 15 is 0 Å². The highest BCUT2D eigenvalue weighted by Gasteiger charge is 2.42. The SMILES string of the molecule is CC1(C)CSCC(O)(c2ccco2)C1. The molecule has 2 nitrogen and oxygen atoms in total. The van der Waals surface area contributed by atoms with Crippen molar-refractivity contribution in [3.05, 3.63) is 24.2 Å². The summed E-state index contributed by atoms with van der Waals surface area (Å²) in [4.78, 5) is 0. The highest BCUT2D eigenvalue weighted by molar-refractivity contribution is 7.99. The van der Waals surface area contributed by atoms with Gasteiger partial charge in [-0.25, -0.2) is 0 Å². The molecule has 14 heavy (non-hydrogen) atoms. The van der Waals surface area contributed by atoms with Crippen LogP contribution < -0.4 is 0 Å². The number of hydrogen-bond donors (Lipinski definition) is 1. The largest absolute Gasteiger partial charge is 0.466 e. The van der Waals surface area contributed by atoms with Gasteiger partial charge >= 0.3 is 0 Å². The lowest BCUT2D eigenvalue weighted by atomic mass is 9.81. The van der Waals surface area contributed by atoms with E-state index in [2.05, 4.69) is 13.8 Å². The lowest BCUT2D eigenvalue weighted by Gasteiger charge is -2.39. The number of aliphatic hydroxyl groups is 1. The highest BCUT2D eigenvalue weighted by Crippen LogP contribution is 2.44. The molecule has 1 aromatic rings. The molecule has 0 saturated carbocycles. The molecule has 0 spiro atoms. The smallest absolute Gasteiger partial charge is 0.136 e. The van der Waals surface area contributed by atoms with Gasteiger partial charge in [0.2, 0.25) is 0 Å². The fourth-order valence-corrected chi connectivity index (χ4v) is 3.43. The van der Waals surface area contributed by atoms with Crippen molar-refractivity contribution in [2.75, 3.05) is 11.5 Å². The highest BCUT2D eigenvalue weighted by atomic mass is 32.2. The second kappa shape index (κ2) is 3.31. The van der Waals surface area contributed by atoms with Crippen molar-refractivity contribution < 1.29 is 9.52 Å². The molecule has 1 aromatic heterocycles. The fourth-order valence-electron chi connectivity index (χ4n) is 2.09. The Bertz CT molecular complexity index is 305. The predicted octanol–water partition coefficient (Wildman–Crippen LogP) is 2.63. The molecule has 3 heteroatoms. The fraction of sp³-hybridized carbons (Fsp3) is 0.636. The maximum absolute atomic E-state index is 10.5. The Hall–Kier alpha value is -0.410. The summed E-state index contributed by atoms with van der Waals surface area (Å²) in [5, 5.41) is 10.5. The van der Waals surface area contributed by atoms with Gasteiger partial charge in [0, 0.05) is 5.75 Å². The molecule has 0 amide bonds. The molecular formula is C11H16O2S. The van der Waals surface area contributed by atoms with E-state index in [1.165, 1.54) is 0 Å². The molecular weight excluding hydrogens is 196 g/mol. The van der Waals surface area contributed by atoms with Gasteiger partial charge in [-0.1, -0.05) is 13.8 Å². The summed E-state index contributed by atoms with van der Waals surface area (Å²) >= 11 is 1.80. The van der Waals surface area contributed by atoms with E-state index in [0.717, 1.165) is 17.9 Å². The molecule has 0 bridgehead atoms. The lowest BCUT2D eigenvalue weighted by molar-refractivity contribution is -0.00346. The molecule has 0 radical (unpaired) electrons. The molecule has 0 aliphatic carbocycles. The van der Waals surface area contributed by atoms with Crippen LogP contribution in [0.3, 0.4) is 0 Å². The van der Waals surface area contributed by atoms with Gasteiger partial charge in [0.1, 0.15) is 11.4 Å². The zero-order valence-electron chi connectivity index (χ0n) is 8.62. The summed E-state index contributed by atoms with van der Waals surface area (Å²) in [6, 6.07) is 3.70. The number of furan rings is 1. The molecule has 1 atom stereocenters.